The lowest BCUT2D eigenvalue weighted by Crippen LogP contribution is -2.47. The molecule has 0 aromatic heterocycles. The molecular formula is C9H18N2O2. The molecule has 76 valence electrons. The highest BCUT2D eigenvalue weighted by molar-refractivity contribution is 5.81. The summed E-state index contributed by atoms with van der Waals surface area (Å²) in [7, 11) is 0. The van der Waals surface area contributed by atoms with Crippen molar-refractivity contribution < 1.29 is 9.53 Å². The van der Waals surface area contributed by atoms with Crippen LogP contribution in [0.3, 0.4) is 0 Å². The van der Waals surface area contributed by atoms with Crippen LogP contribution >= 0.6 is 0 Å². The molecule has 1 amide bonds. The van der Waals surface area contributed by atoms with Crippen LogP contribution in [-0.2, 0) is 9.53 Å². The second-order valence-electron chi connectivity index (χ2n) is 3.49. The van der Waals surface area contributed by atoms with Gasteiger partial charge in [0.2, 0.25) is 5.91 Å². The summed E-state index contributed by atoms with van der Waals surface area (Å²) >= 11 is 0. The molecule has 1 saturated heterocycles. The van der Waals surface area contributed by atoms with Crippen molar-refractivity contribution in [3.8, 4) is 0 Å². The zero-order chi connectivity index (χ0) is 9.84. The minimum atomic E-state index is -0.382. The molecule has 0 aromatic rings. The summed E-state index contributed by atoms with van der Waals surface area (Å²) in [4.78, 5) is 11.4. The fourth-order valence-electron chi connectivity index (χ4n) is 1.40. The van der Waals surface area contributed by atoms with E-state index in [1.54, 1.807) is 0 Å². The quantitative estimate of drug-likeness (QED) is 0.653. The highest BCUT2D eigenvalue weighted by atomic mass is 16.5. The predicted octanol–water partition coefficient (Wildman–Crippen LogP) is 0.0173. The van der Waals surface area contributed by atoms with E-state index in [1.165, 1.54) is 0 Å². The average molecular weight is 186 g/mol. The Morgan fingerprint density at radius 1 is 1.77 bits per heavy atom. The van der Waals surface area contributed by atoms with Gasteiger partial charge in [-0.25, -0.2) is 0 Å². The van der Waals surface area contributed by atoms with E-state index in [0.29, 0.717) is 6.42 Å². The number of hydrogen-bond donors (Lipinski definition) is 2. The first-order valence-corrected chi connectivity index (χ1v) is 4.82. The van der Waals surface area contributed by atoms with Gasteiger partial charge in [0.25, 0.3) is 0 Å². The van der Waals surface area contributed by atoms with Crippen LogP contribution < -0.4 is 11.1 Å². The van der Waals surface area contributed by atoms with Gasteiger partial charge >= 0.3 is 0 Å². The molecule has 3 atom stereocenters. The van der Waals surface area contributed by atoms with Gasteiger partial charge in [-0.3, -0.25) is 4.79 Å². The first-order chi connectivity index (χ1) is 6.15. The molecule has 3 N–H and O–H groups in total. The lowest BCUT2D eigenvalue weighted by molar-refractivity contribution is -0.123. The van der Waals surface area contributed by atoms with Gasteiger partial charge in [-0.05, 0) is 19.8 Å². The van der Waals surface area contributed by atoms with Gasteiger partial charge in [-0.15, -0.1) is 0 Å². The molecule has 1 fully saturated rings. The van der Waals surface area contributed by atoms with Gasteiger partial charge in [0, 0.05) is 6.61 Å². The van der Waals surface area contributed by atoms with E-state index in [9.17, 15) is 4.79 Å². The number of nitrogens with two attached hydrogens (primary N) is 1. The molecule has 1 rings (SSSR count). The van der Waals surface area contributed by atoms with E-state index in [4.69, 9.17) is 10.5 Å². The second kappa shape index (κ2) is 4.58. The highest BCUT2D eigenvalue weighted by Crippen LogP contribution is 2.12. The van der Waals surface area contributed by atoms with Crippen LogP contribution in [0.1, 0.15) is 26.7 Å². The van der Waals surface area contributed by atoms with Crippen LogP contribution in [0, 0.1) is 0 Å². The Bertz CT molecular complexity index is 184. The first kappa shape index (κ1) is 10.5. The Hall–Kier alpha value is -0.610. The summed E-state index contributed by atoms with van der Waals surface area (Å²) in [6.45, 7) is 4.60. The number of carbonyl (C=O) groups is 1. The molecule has 1 heterocycles. The standard InChI is InChI=1S/C9H18N2O2/c1-3-7(10)9(12)11-8-4-5-13-6(8)2/h6-8H,3-5,10H2,1-2H3,(H,11,12)/t6?,7-,8?/m0/s1. The topological polar surface area (TPSA) is 64.4 Å². The van der Waals surface area contributed by atoms with E-state index in [1.807, 2.05) is 13.8 Å². The van der Waals surface area contributed by atoms with Crippen LogP contribution in [0.4, 0.5) is 0 Å². The largest absolute Gasteiger partial charge is 0.376 e. The van der Waals surface area contributed by atoms with Gasteiger partial charge in [0.05, 0.1) is 18.2 Å². The average Bonchev–Trinajstić information content (AvgIpc) is 2.50. The Morgan fingerprint density at radius 2 is 2.46 bits per heavy atom. The Balaban J connectivity index is 2.35. The van der Waals surface area contributed by atoms with Crippen molar-refractivity contribution in [2.24, 2.45) is 5.73 Å². The van der Waals surface area contributed by atoms with Gasteiger partial charge in [-0.2, -0.15) is 0 Å². The zero-order valence-corrected chi connectivity index (χ0v) is 8.25. The van der Waals surface area contributed by atoms with E-state index in [2.05, 4.69) is 5.32 Å². The molecule has 0 aromatic carbocycles. The maximum atomic E-state index is 11.4. The predicted molar refractivity (Wildman–Crippen MR) is 50.2 cm³/mol. The number of nitrogens with one attached hydrogen (secondary N) is 1. The summed E-state index contributed by atoms with van der Waals surface area (Å²) in [5.74, 6) is -0.0650. The summed E-state index contributed by atoms with van der Waals surface area (Å²) < 4.78 is 5.32. The number of hydrogen-bond acceptors (Lipinski definition) is 3. The van der Waals surface area contributed by atoms with Crippen molar-refractivity contribution >= 4 is 5.91 Å². The van der Waals surface area contributed by atoms with Crippen LogP contribution in [0.5, 0.6) is 0 Å². The number of amides is 1. The molecule has 1 aliphatic rings. The Morgan fingerprint density at radius 3 is 2.92 bits per heavy atom. The second-order valence-corrected chi connectivity index (χ2v) is 3.49. The molecule has 0 saturated carbocycles. The fourth-order valence-corrected chi connectivity index (χ4v) is 1.40. The van der Waals surface area contributed by atoms with Crippen LogP contribution in [0.2, 0.25) is 0 Å². The van der Waals surface area contributed by atoms with E-state index in [0.717, 1.165) is 13.0 Å². The summed E-state index contributed by atoms with van der Waals surface area (Å²) in [6.07, 6.45) is 1.69. The molecule has 0 spiro atoms. The van der Waals surface area contributed by atoms with Gasteiger partial charge in [0.1, 0.15) is 0 Å². The first-order valence-electron chi connectivity index (χ1n) is 4.82. The zero-order valence-electron chi connectivity index (χ0n) is 8.25. The van der Waals surface area contributed by atoms with Crippen LogP contribution in [-0.4, -0.2) is 30.7 Å². The Labute approximate surface area is 78.8 Å². The molecule has 0 bridgehead atoms. The van der Waals surface area contributed by atoms with Crippen molar-refractivity contribution in [2.75, 3.05) is 6.61 Å². The summed E-state index contributed by atoms with van der Waals surface area (Å²) in [5, 5.41) is 2.89. The van der Waals surface area contributed by atoms with Gasteiger partial charge < -0.3 is 15.8 Å². The van der Waals surface area contributed by atoms with Crippen molar-refractivity contribution in [2.45, 2.75) is 44.9 Å². The molecule has 2 unspecified atom stereocenters. The lowest BCUT2D eigenvalue weighted by Gasteiger charge is -2.18. The van der Waals surface area contributed by atoms with Crippen molar-refractivity contribution in [3.63, 3.8) is 0 Å². The third kappa shape index (κ3) is 2.67. The Kier molecular flexibility index (Phi) is 3.69. The molecule has 4 heteroatoms. The molecule has 0 radical (unpaired) electrons. The van der Waals surface area contributed by atoms with E-state index >= 15 is 0 Å². The van der Waals surface area contributed by atoms with Crippen LogP contribution in [0.25, 0.3) is 0 Å². The highest BCUT2D eigenvalue weighted by Gasteiger charge is 2.26. The summed E-state index contributed by atoms with van der Waals surface area (Å²) in [5.41, 5.74) is 5.59. The number of ether oxygens (including phenoxy) is 1. The summed E-state index contributed by atoms with van der Waals surface area (Å²) in [6, 6.07) is -0.238. The van der Waals surface area contributed by atoms with Crippen molar-refractivity contribution in [3.05, 3.63) is 0 Å². The van der Waals surface area contributed by atoms with E-state index < -0.39 is 0 Å². The van der Waals surface area contributed by atoms with Crippen LogP contribution in [0.15, 0.2) is 0 Å². The number of rotatable bonds is 3. The maximum absolute atomic E-state index is 11.4. The molecule has 13 heavy (non-hydrogen) atoms. The minimum absolute atomic E-state index is 0.0650. The molecule has 0 aliphatic carbocycles. The molecule has 4 nitrogen and oxygen atoms in total. The smallest absolute Gasteiger partial charge is 0.237 e. The van der Waals surface area contributed by atoms with Crippen molar-refractivity contribution in [1.29, 1.82) is 0 Å². The normalized spacial score (nSPS) is 30.1. The molecule has 1 aliphatic heterocycles. The maximum Gasteiger partial charge on any atom is 0.237 e. The third-order valence-electron chi connectivity index (χ3n) is 2.48. The fraction of sp³-hybridized carbons (Fsp3) is 0.889. The monoisotopic (exact) mass is 186 g/mol. The number of carbonyl (C=O) groups excluding carboxylic acids is 1. The van der Waals surface area contributed by atoms with Gasteiger partial charge in [0.15, 0.2) is 0 Å². The third-order valence-corrected chi connectivity index (χ3v) is 2.48. The lowest BCUT2D eigenvalue weighted by atomic mass is 10.1. The SMILES string of the molecule is CC[C@H](N)C(=O)NC1CCOC1C. The van der Waals surface area contributed by atoms with Crippen molar-refractivity contribution in [1.82, 2.24) is 5.32 Å². The van der Waals surface area contributed by atoms with Gasteiger partial charge in [-0.1, -0.05) is 6.92 Å². The van der Waals surface area contributed by atoms with E-state index in [-0.39, 0.29) is 24.1 Å². The molecular weight excluding hydrogens is 168 g/mol. The minimum Gasteiger partial charge on any atom is -0.376 e.